The standard InChI is InChI=1S/C20H24N4S/c1-16-4-2-3-5-19(16)20-22-12-18(25-20)14-23-9-6-17(7-10-23)13-24-11-8-21-15-24/h2-5,8,11-12,15,17H,6-7,9-10,13-14H2,1H3. The Balaban J connectivity index is 1.32. The summed E-state index contributed by atoms with van der Waals surface area (Å²) >= 11 is 1.83. The lowest BCUT2D eigenvalue weighted by Gasteiger charge is -2.31. The van der Waals surface area contributed by atoms with E-state index in [1.807, 2.05) is 23.9 Å². The van der Waals surface area contributed by atoms with Crippen molar-refractivity contribution < 1.29 is 0 Å². The van der Waals surface area contributed by atoms with Crippen molar-refractivity contribution in [2.75, 3.05) is 13.1 Å². The predicted octanol–water partition coefficient (Wildman–Crippen LogP) is 4.23. The molecular weight excluding hydrogens is 328 g/mol. The largest absolute Gasteiger partial charge is 0.337 e. The first-order chi connectivity index (χ1) is 12.3. The van der Waals surface area contributed by atoms with Gasteiger partial charge in [0, 0.05) is 42.1 Å². The minimum Gasteiger partial charge on any atom is -0.337 e. The zero-order valence-corrected chi connectivity index (χ0v) is 15.5. The minimum absolute atomic E-state index is 0.773. The molecule has 0 radical (unpaired) electrons. The van der Waals surface area contributed by atoms with Crippen LogP contribution in [0.4, 0.5) is 0 Å². The number of imidazole rings is 1. The number of aryl methyl sites for hydroxylation is 1. The predicted molar refractivity (Wildman–Crippen MR) is 103 cm³/mol. The first-order valence-corrected chi connectivity index (χ1v) is 9.78. The van der Waals surface area contributed by atoms with E-state index in [1.54, 1.807) is 0 Å². The van der Waals surface area contributed by atoms with Gasteiger partial charge in [0.1, 0.15) is 5.01 Å². The number of likely N-dealkylation sites (tertiary alicyclic amines) is 1. The molecule has 130 valence electrons. The van der Waals surface area contributed by atoms with Gasteiger partial charge >= 0.3 is 0 Å². The Morgan fingerprint density at radius 2 is 2.04 bits per heavy atom. The average molecular weight is 353 g/mol. The zero-order valence-electron chi connectivity index (χ0n) is 14.6. The van der Waals surface area contributed by atoms with Gasteiger partial charge in [0.2, 0.25) is 0 Å². The summed E-state index contributed by atoms with van der Waals surface area (Å²) < 4.78 is 2.21. The van der Waals surface area contributed by atoms with Crippen molar-refractivity contribution in [1.82, 2.24) is 19.4 Å². The summed E-state index contributed by atoms with van der Waals surface area (Å²) in [4.78, 5) is 12.7. The maximum Gasteiger partial charge on any atom is 0.123 e. The second-order valence-electron chi connectivity index (χ2n) is 6.93. The van der Waals surface area contributed by atoms with Crippen LogP contribution in [0.1, 0.15) is 23.3 Å². The molecule has 1 fully saturated rings. The number of hydrogen-bond acceptors (Lipinski definition) is 4. The Morgan fingerprint density at radius 3 is 2.80 bits per heavy atom. The zero-order chi connectivity index (χ0) is 17.1. The number of thiazole rings is 1. The highest BCUT2D eigenvalue weighted by Crippen LogP contribution is 2.29. The fourth-order valence-electron chi connectivity index (χ4n) is 3.56. The van der Waals surface area contributed by atoms with Crippen LogP contribution in [0.25, 0.3) is 10.6 Å². The number of aromatic nitrogens is 3. The third kappa shape index (κ3) is 3.99. The molecule has 0 unspecified atom stereocenters. The van der Waals surface area contributed by atoms with Gasteiger partial charge in [-0.05, 0) is 44.3 Å². The Bertz CT molecular complexity index is 801. The lowest BCUT2D eigenvalue weighted by molar-refractivity contribution is 0.168. The molecule has 0 saturated carbocycles. The highest BCUT2D eigenvalue weighted by molar-refractivity contribution is 7.15. The number of piperidine rings is 1. The van der Waals surface area contributed by atoms with Gasteiger partial charge in [-0.3, -0.25) is 4.90 Å². The Morgan fingerprint density at radius 1 is 1.20 bits per heavy atom. The molecule has 0 spiro atoms. The van der Waals surface area contributed by atoms with E-state index >= 15 is 0 Å². The normalized spacial score (nSPS) is 16.4. The van der Waals surface area contributed by atoms with Crippen molar-refractivity contribution in [3.05, 3.63) is 59.6 Å². The van der Waals surface area contributed by atoms with Crippen molar-refractivity contribution in [3.8, 4) is 10.6 Å². The van der Waals surface area contributed by atoms with Crippen LogP contribution in [0.3, 0.4) is 0 Å². The summed E-state index contributed by atoms with van der Waals surface area (Å²) in [7, 11) is 0. The van der Waals surface area contributed by atoms with E-state index in [1.165, 1.54) is 41.9 Å². The van der Waals surface area contributed by atoms with Crippen molar-refractivity contribution in [1.29, 1.82) is 0 Å². The smallest absolute Gasteiger partial charge is 0.123 e. The number of rotatable bonds is 5. The van der Waals surface area contributed by atoms with Crippen molar-refractivity contribution in [3.63, 3.8) is 0 Å². The fourth-order valence-corrected chi connectivity index (χ4v) is 4.60. The molecule has 2 aromatic heterocycles. The highest BCUT2D eigenvalue weighted by Gasteiger charge is 2.20. The SMILES string of the molecule is Cc1ccccc1-c1ncc(CN2CCC(Cn3ccnc3)CC2)s1. The molecule has 0 amide bonds. The van der Waals surface area contributed by atoms with E-state index in [9.17, 15) is 0 Å². The Kier molecular flexibility index (Phi) is 4.95. The number of nitrogens with zero attached hydrogens (tertiary/aromatic N) is 4. The Labute approximate surface area is 153 Å². The van der Waals surface area contributed by atoms with Crippen LogP contribution in [-0.2, 0) is 13.1 Å². The van der Waals surface area contributed by atoms with Gasteiger partial charge in [-0.2, -0.15) is 0 Å². The summed E-state index contributed by atoms with van der Waals surface area (Å²) in [6.45, 7) is 6.64. The van der Waals surface area contributed by atoms with E-state index in [-0.39, 0.29) is 0 Å². The van der Waals surface area contributed by atoms with Gasteiger partial charge in [0.05, 0.1) is 6.33 Å². The van der Waals surface area contributed by atoms with Crippen LogP contribution in [0.5, 0.6) is 0 Å². The average Bonchev–Trinajstić information content (AvgIpc) is 3.29. The van der Waals surface area contributed by atoms with Crippen LogP contribution in [0.15, 0.2) is 49.2 Å². The fraction of sp³-hybridized carbons (Fsp3) is 0.400. The van der Waals surface area contributed by atoms with E-state index in [4.69, 9.17) is 0 Å². The molecule has 1 aromatic carbocycles. The summed E-state index contributed by atoms with van der Waals surface area (Å²) in [5.74, 6) is 0.773. The topological polar surface area (TPSA) is 34.0 Å². The molecule has 3 aromatic rings. The van der Waals surface area contributed by atoms with Gasteiger partial charge in [-0.1, -0.05) is 24.3 Å². The van der Waals surface area contributed by atoms with E-state index in [0.717, 1.165) is 24.0 Å². The van der Waals surface area contributed by atoms with Gasteiger partial charge in [-0.15, -0.1) is 11.3 Å². The molecule has 0 atom stereocenters. The summed E-state index contributed by atoms with van der Waals surface area (Å²) in [5.41, 5.74) is 2.56. The molecule has 1 aliphatic heterocycles. The van der Waals surface area contributed by atoms with Gasteiger partial charge in [0.15, 0.2) is 0 Å². The van der Waals surface area contributed by atoms with Gasteiger partial charge in [0.25, 0.3) is 0 Å². The second kappa shape index (κ2) is 7.50. The van der Waals surface area contributed by atoms with Gasteiger partial charge < -0.3 is 4.57 Å². The van der Waals surface area contributed by atoms with E-state index in [2.05, 4.69) is 63.0 Å². The molecular formula is C20H24N4S. The van der Waals surface area contributed by atoms with E-state index in [0.29, 0.717) is 0 Å². The maximum absolute atomic E-state index is 4.66. The molecule has 25 heavy (non-hydrogen) atoms. The van der Waals surface area contributed by atoms with Gasteiger partial charge in [-0.25, -0.2) is 9.97 Å². The first kappa shape index (κ1) is 16.5. The Hall–Kier alpha value is -1.98. The summed E-state index contributed by atoms with van der Waals surface area (Å²) in [6, 6.07) is 8.50. The third-order valence-electron chi connectivity index (χ3n) is 5.04. The molecule has 0 N–H and O–H groups in total. The molecule has 0 bridgehead atoms. The number of hydrogen-bond donors (Lipinski definition) is 0. The van der Waals surface area contributed by atoms with Crippen molar-refractivity contribution in [2.24, 2.45) is 5.92 Å². The van der Waals surface area contributed by atoms with Crippen molar-refractivity contribution >= 4 is 11.3 Å². The van der Waals surface area contributed by atoms with Crippen LogP contribution < -0.4 is 0 Å². The van der Waals surface area contributed by atoms with Crippen LogP contribution >= 0.6 is 11.3 Å². The first-order valence-electron chi connectivity index (χ1n) is 8.97. The molecule has 1 saturated heterocycles. The second-order valence-corrected chi connectivity index (χ2v) is 8.04. The monoisotopic (exact) mass is 352 g/mol. The molecule has 4 rings (SSSR count). The van der Waals surface area contributed by atoms with Crippen LogP contribution in [-0.4, -0.2) is 32.5 Å². The van der Waals surface area contributed by atoms with E-state index < -0.39 is 0 Å². The molecule has 3 heterocycles. The van der Waals surface area contributed by atoms with Crippen molar-refractivity contribution in [2.45, 2.75) is 32.9 Å². The highest BCUT2D eigenvalue weighted by atomic mass is 32.1. The molecule has 4 nitrogen and oxygen atoms in total. The minimum atomic E-state index is 0.773. The lowest BCUT2D eigenvalue weighted by atomic mass is 9.97. The molecule has 1 aliphatic rings. The summed E-state index contributed by atoms with van der Waals surface area (Å²) in [6.07, 6.45) is 10.5. The maximum atomic E-state index is 4.66. The van der Waals surface area contributed by atoms with Crippen LogP contribution in [0.2, 0.25) is 0 Å². The lowest BCUT2D eigenvalue weighted by Crippen LogP contribution is -2.34. The third-order valence-corrected chi connectivity index (χ3v) is 6.06. The van der Waals surface area contributed by atoms with Crippen LogP contribution in [0, 0.1) is 12.8 Å². The number of benzene rings is 1. The molecule has 5 heteroatoms. The quantitative estimate of drug-likeness (QED) is 0.689. The summed E-state index contributed by atoms with van der Waals surface area (Å²) in [5, 5.41) is 1.14. The molecule has 0 aliphatic carbocycles.